The quantitative estimate of drug-likeness (QED) is 0.514. The Morgan fingerprint density at radius 2 is 1.52 bits per heavy atom. The second-order valence-electron chi connectivity index (χ2n) is 6.14. The first-order valence-electron chi connectivity index (χ1n) is 8.71. The molecular formula is C21H17N3O4S. The molecule has 0 fully saturated rings. The van der Waals surface area contributed by atoms with Gasteiger partial charge in [-0.25, -0.2) is 8.42 Å². The molecule has 0 saturated carbocycles. The summed E-state index contributed by atoms with van der Waals surface area (Å²) in [7, 11) is -2.30. The Morgan fingerprint density at radius 1 is 0.828 bits per heavy atom. The molecule has 0 bridgehead atoms. The number of hydrogen-bond acceptors (Lipinski definition) is 6. The summed E-state index contributed by atoms with van der Waals surface area (Å²) in [6, 6.07) is 22.4. The Hall–Kier alpha value is -3.65. The van der Waals surface area contributed by atoms with Crippen molar-refractivity contribution in [2.45, 2.75) is 4.90 Å². The highest BCUT2D eigenvalue weighted by Gasteiger charge is 2.16. The number of methoxy groups -OCH3 is 1. The smallest absolute Gasteiger partial charge is 0.262 e. The van der Waals surface area contributed by atoms with Crippen LogP contribution in [0.5, 0.6) is 5.75 Å². The Labute approximate surface area is 168 Å². The topological polar surface area (TPSA) is 94.3 Å². The number of anilines is 1. The van der Waals surface area contributed by atoms with Crippen LogP contribution in [0, 0.1) is 0 Å². The molecule has 0 unspecified atom stereocenters. The van der Waals surface area contributed by atoms with Gasteiger partial charge in [-0.05, 0) is 42.5 Å². The van der Waals surface area contributed by atoms with Gasteiger partial charge >= 0.3 is 0 Å². The average Bonchev–Trinajstić information content (AvgIpc) is 3.25. The van der Waals surface area contributed by atoms with Crippen molar-refractivity contribution in [3.05, 3.63) is 78.9 Å². The molecule has 3 aromatic carbocycles. The molecule has 0 atom stereocenters. The van der Waals surface area contributed by atoms with Crippen LogP contribution in [0.4, 0.5) is 5.69 Å². The van der Waals surface area contributed by atoms with Gasteiger partial charge in [0, 0.05) is 22.9 Å². The highest BCUT2D eigenvalue weighted by atomic mass is 32.2. The molecule has 4 rings (SSSR count). The molecular weight excluding hydrogens is 390 g/mol. The first-order valence-corrected chi connectivity index (χ1v) is 10.2. The summed E-state index contributed by atoms with van der Waals surface area (Å²) in [5.74, 6) is 1.15. The van der Waals surface area contributed by atoms with Gasteiger partial charge < -0.3 is 9.15 Å². The second-order valence-corrected chi connectivity index (χ2v) is 7.83. The summed E-state index contributed by atoms with van der Waals surface area (Å²) in [5, 5.41) is 8.14. The van der Waals surface area contributed by atoms with Gasteiger partial charge in [0.2, 0.25) is 11.8 Å². The number of aromatic nitrogens is 2. The van der Waals surface area contributed by atoms with E-state index in [-0.39, 0.29) is 4.90 Å². The lowest BCUT2D eigenvalue weighted by Gasteiger charge is -2.09. The fourth-order valence-corrected chi connectivity index (χ4v) is 3.82. The van der Waals surface area contributed by atoms with E-state index in [9.17, 15) is 8.42 Å². The molecule has 1 N–H and O–H groups in total. The van der Waals surface area contributed by atoms with Crippen molar-refractivity contribution in [2.75, 3.05) is 11.8 Å². The van der Waals surface area contributed by atoms with Gasteiger partial charge in [-0.15, -0.1) is 10.2 Å². The molecule has 4 aromatic rings. The maximum absolute atomic E-state index is 12.7. The van der Waals surface area contributed by atoms with Crippen molar-refractivity contribution in [1.29, 1.82) is 0 Å². The predicted molar refractivity (Wildman–Crippen MR) is 109 cm³/mol. The summed E-state index contributed by atoms with van der Waals surface area (Å²) in [6.45, 7) is 0. The molecule has 0 spiro atoms. The lowest BCUT2D eigenvalue weighted by atomic mass is 10.2. The maximum Gasteiger partial charge on any atom is 0.262 e. The average molecular weight is 407 g/mol. The number of ether oxygens (including phenoxy) is 1. The SMILES string of the molecule is COc1cccc(S(=O)(=O)Nc2cccc(-c3nnc(-c4ccccc4)o3)c2)c1. The summed E-state index contributed by atoms with van der Waals surface area (Å²) < 4.78 is 38.8. The van der Waals surface area contributed by atoms with Crippen LogP contribution in [-0.4, -0.2) is 25.7 Å². The Kier molecular flexibility index (Phi) is 5.01. The van der Waals surface area contributed by atoms with Crippen molar-refractivity contribution in [2.24, 2.45) is 0 Å². The number of benzene rings is 3. The summed E-state index contributed by atoms with van der Waals surface area (Å²) in [5.41, 5.74) is 1.79. The van der Waals surface area contributed by atoms with E-state index >= 15 is 0 Å². The van der Waals surface area contributed by atoms with E-state index in [1.807, 2.05) is 30.3 Å². The maximum atomic E-state index is 12.7. The Balaban J connectivity index is 1.60. The first-order chi connectivity index (χ1) is 14.0. The number of sulfonamides is 1. The lowest BCUT2D eigenvalue weighted by molar-refractivity contribution is 0.413. The molecule has 29 heavy (non-hydrogen) atoms. The van der Waals surface area contributed by atoms with Crippen LogP contribution in [-0.2, 0) is 10.0 Å². The van der Waals surface area contributed by atoms with Gasteiger partial charge in [-0.3, -0.25) is 4.72 Å². The largest absolute Gasteiger partial charge is 0.497 e. The molecule has 0 radical (unpaired) electrons. The van der Waals surface area contributed by atoms with E-state index in [1.54, 1.807) is 36.4 Å². The highest BCUT2D eigenvalue weighted by Crippen LogP contribution is 2.27. The monoisotopic (exact) mass is 407 g/mol. The van der Waals surface area contributed by atoms with E-state index in [0.29, 0.717) is 28.8 Å². The van der Waals surface area contributed by atoms with E-state index in [2.05, 4.69) is 14.9 Å². The fraction of sp³-hybridized carbons (Fsp3) is 0.0476. The zero-order valence-corrected chi connectivity index (χ0v) is 16.3. The summed E-state index contributed by atoms with van der Waals surface area (Å²) >= 11 is 0. The molecule has 1 aromatic heterocycles. The molecule has 7 nitrogen and oxygen atoms in total. The molecule has 0 amide bonds. The first kappa shape index (κ1) is 18.7. The van der Waals surface area contributed by atoms with Crippen LogP contribution >= 0.6 is 0 Å². The van der Waals surface area contributed by atoms with Crippen molar-refractivity contribution in [3.63, 3.8) is 0 Å². The van der Waals surface area contributed by atoms with E-state index in [4.69, 9.17) is 9.15 Å². The fourth-order valence-electron chi connectivity index (χ4n) is 2.74. The van der Waals surface area contributed by atoms with Crippen molar-refractivity contribution < 1.29 is 17.6 Å². The van der Waals surface area contributed by atoms with Gasteiger partial charge in [0.25, 0.3) is 10.0 Å². The van der Waals surface area contributed by atoms with Crippen LogP contribution in [0.2, 0.25) is 0 Å². The molecule has 8 heteroatoms. The van der Waals surface area contributed by atoms with E-state index < -0.39 is 10.0 Å². The molecule has 0 aliphatic carbocycles. The highest BCUT2D eigenvalue weighted by molar-refractivity contribution is 7.92. The molecule has 0 aliphatic rings. The van der Waals surface area contributed by atoms with Gasteiger partial charge in [-0.2, -0.15) is 0 Å². The van der Waals surface area contributed by atoms with Gasteiger partial charge in [0.1, 0.15) is 5.75 Å². The Bertz CT molecular complexity index is 1240. The Morgan fingerprint density at radius 3 is 2.28 bits per heavy atom. The normalized spacial score (nSPS) is 11.2. The lowest BCUT2D eigenvalue weighted by Crippen LogP contribution is -2.13. The van der Waals surface area contributed by atoms with Gasteiger partial charge in [0.05, 0.1) is 12.0 Å². The number of hydrogen-bond donors (Lipinski definition) is 1. The predicted octanol–water partition coefficient (Wildman–Crippen LogP) is 4.21. The van der Waals surface area contributed by atoms with Crippen LogP contribution in [0.15, 0.2) is 88.2 Å². The third-order valence-electron chi connectivity index (χ3n) is 4.16. The third kappa shape index (κ3) is 4.12. The molecule has 0 aliphatic heterocycles. The third-order valence-corrected chi connectivity index (χ3v) is 5.54. The number of nitrogens with zero attached hydrogens (tertiary/aromatic N) is 2. The van der Waals surface area contributed by atoms with Crippen molar-refractivity contribution in [3.8, 4) is 28.7 Å². The molecule has 146 valence electrons. The van der Waals surface area contributed by atoms with E-state index in [1.165, 1.54) is 19.2 Å². The zero-order valence-electron chi connectivity index (χ0n) is 15.4. The number of rotatable bonds is 6. The van der Waals surface area contributed by atoms with Crippen LogP contribution < -0.4 is 9.46 Å². The minimum atomic E-state index is -3.78. The molecule has 1 heterocycles. The van der Waals surface area contributed by atoms with Crippen LogP contribution in [0.3, 0.4) is 0 Å². The second kappa shape index (κ2) is 7.76. The van der Waals surface area contributed by atoms with Crippen LogP contribution in [0.1, 0.15) is 0 Å². The minimum absolute atomic E-state index is 0.103. The minimum Gasteiger partial charge on any atom is -0.497 e. The van der Waals surface area contributed by atoms with Crippen molar-refractivity contribution in [1.82, 2.24) is 10.2 Å². The van der Waals surface area contributed by atoms with Gasteiger partial charge in [0.15, 0.2) is 0 Å². The van der Waals surface area contributed by atoms with Crippen LogP contribution in [0.25, 0.3) is 22.9 Å². The standard InChI is InChI=1S/C21H17N3O4S/c1-27-18-11-6-12-19(14-18)29(25,26)24-17-10-5-9-16(13-17)21-23-22-20(28-21)15-7-3-2-4-8-15/h2-14,24H,1H3. The summed E-state index contributed by atoms with van der Waals surface area (Å²) in [4.78, 5) is 0.103. The van der Waals surface area contributed by atoms with E-state index in [0.717, 1.165) is 5.56 Å². The zero-order chi connectivity index (χ0) is 20.3. The summed E-state index contributed by atoms with van der Waals surface area (Å²) in [6.07, 6.45) is 0. The molecule has 0 saturated heterocycles. The number of nitrogens with one attached hydrogen (secondary N) is 1. The van der Waals surface area contributed by atoms with Gasteiger partial charge in [-0.1, -0.05) is 30.3 Å². The van der Waals surface area contributed by atoms with Crippen molar-refractivity contribution >= 4 is 15.7 Å².